The summed E-state index contributed by atoms with van der Waals surface area (Å²) in [6.45, 7) is 5.80. The minimum atomic E-state index is -0.992. The Morgan fingerprint density at radius 1 is 1.26 bits per heavy atom. The normalized spacial score (nSPS) is 12.0. The molecule has 27 heavy (non-hydrogen) atoms. The Balaban J connectivity index is 2.13. The number of nitrogens with zero attached hydrogens (tertiary/aromatic N) is 2. The monoisotopic (exact) mass is 363 g/mol. The number of nitrogens with one attached hydrogen (secondary N) is 1. The van der Waals surface area contributed by atoms with E-state index in [-0.39, 0.29) is 18.7 Å². The van der Waals surface area contributed by atoms with Crippen LogP contribution in [0, 0.1) is 11.3 Å². The van der Waals surface area contributed by atoms with Gasteiger partial charge in [-0.1, -0.05) is 36.9 Å². The van der Waals surface area contributed by atoms with Crippen molar-refractivity contribution in [3.8, 4) is 6.07 Å². The first-order chi connectivity index (χ1) is 13.0. The highest BCUT2D eigenvalue weighted by molar-refractivity contribution is 6.37. The Hall–Kier alpha value is -3.43. The number of carbonyl (C=O) groups is 1. The molecule has 0 aliphatic carbocycles. The van der Waals surface area contributed by atoms with E-state index in [2.05, 4.69) is 17.1 Å². The molecule has 6 heteroatoms. The molecule has 0 aliphatic heterocycles. The Labute approximate surface area is 158 Å². The summed E-state index contributed by atoms with van der Waals surface area (Å²) in [6, 6.07) is 17.7. The van der Waals surface area contributed by atoms with Gasteiger partial charge in [-0.15, -0.1) is 0 Å². The molecule has 1 unspecified atom stereocenters. The van der Waals surface area contributed by atoms with Crippen molar-refractivity contribution >= 4 is 17.4 Å². The van der Waals surface area contributed by atoms with Gasteiger partial charge in [0.2, 0.25) is 0 Å². The summed E-state index contributed by atoms with van der Waals surface area (Å²) in [4.78, 5) is 12.2. The maximum atomic E-state index is 12.2. The highest BCUT2D eigenvalue weighted by atomic mass is 16.5. The zero-order valence-electron chi connectivity index (χ0n) is 15.1. The van der Waals surface area contributed by atoms with Gasteiger partial charge in [0.15, 0.2) is 0 Å². The molecule has 0 saturated carbocycles. The predicted molar refractivity (Wildman–Crippen MR) is 104 cm³/mol. The quantitative estimate of drug-likeness (QED) is 0.324. The van der Waals surface area contributed by atoms with Crippen molar-refractivity contribution in [2.24, 2.45) is 5.10 Å². The third-order valence-electron chi connectivity index (χ3n) is 3.74. The topological polar surface area (TPSA) is 94.7 Å². The molecule has 0 bridgehead atoms. The molecule has 1 atom stereocenters. The van der Waals surface area contributed by atoms with Crippen molar-refractivity contribution < 1.29 is 14.6 Å². The van der Waals surface area contributed by atoms with Crippen LogP contribution in [0.5, 0.6) is 0 Å². The smallest absolute Gasteiger partial charge is 0.354 e. The van der Waals surface area contributed by atoms with E-state index in [9.17, 15) is 9.90 Å². The summed E-state index contributed by atoms with van der Waals surface area (Å²) in [5, 5.41) is 23.5. The Kier molecular flexibility index (Phi) is 7.29. The van der Waals surface area contributed by atoms with Gasteiger partial charge >= 0.3 is 5.97 Å². The van der Waals surface area contributed by atoms with Crippen molar-refractivity contribution in [2.75, 3.05) is 12.0 Å². The van der Waals surface area contributed by atoms with E-state index < -0.39 is 12.1 Å². The van der Waals surface area contributed by atoms with Crippen molar-refractivity contribution in [1.29, 1.82) is 5.26 Å². The fraction of sp³-hybridized carbons (Fsp3) is 0.190. The van der Waals surface area contributed by atoms with Crippen LogP contribution in [-0.2, 0) is 9.53 Å². The number of esters is 1. The van der Waals surface area contributed by atoms with Crippen LogP contribution in [0.25, 0.3) is 0 Å². The van der Waals surface area contributed by atoms with Crippen molar-refractivity contribution in [3.63, 3.8) is 0 Å². The number of hydrogen-bond donors (Lipinski definition) is 2. The second-order valence-electron chi connectivity index (χ2n) is 5.73. The number of ether oxygens (including phenoxy) is 1. The molecule has 6 nitrogen and oxygen atoms in total. The first-order valence-electron chi connectivity index (χ1n) is 8.45. The van der Waals surface area contributed by atoms with Crippen LogP contribution in [0.4, 0.5) is 5.69 Å². The number of aliphatic hydroxyl groups excluding tert-OH is 1. The summed E-state index contributed by atoms with van der Waals surface area (Å²) in [5.74, 6) is -0.575. The van der Waals surface area contributed by atoms with Gasteiger partial charge in [-0.3, -0.25) is 5.43 Å². The summed E-state index contributed by atoms with van der Waals surface area (Å²) in [7, 11) is 0. The average Bonchev–Trinajstić information content (AvgIpc) is 2.71. The molecule has 0 heterocycles. The number of anilines is 1. The lowest BCUT2D eigenvalue weighted by molar-refractivity contribution is -0.135. The molecule has 0 fully saturated rings. The molecule has 0 aliphatic rings. The van der Waals surface area contributed by atoms with Gasteiger partial charge in [-0.25, -0.2) is 4.79 Å². The lowest BCUT2D eigenvalue weighted by atomic mass is 9.97. The van der Waals surface area contributed by atoms with Gasteiger partial charge in [0.1, 0.15) is 11.8 Å². The minimum absolute atomic E-state index is 0.0415. The Morgan fingerprint density at radius 2 is 1.93 bits per heavy atom. The molecular formula is C21H21N3O3. The fourth-order valence-corrected chi connectivity index (χ4v) is 2.30. The molecule has 0 saturated heterocycles. The minimum Gasteiger partial charge on any atom is -0.461 e. The number of nitriles is 1. The molecule has 2 aromatic carbocycles. The van der Waals surface area contributed by atoms with Crippen molar-refractivity contribution in [2.45, 2.75) is 19.4 Å². The van der Waals surface area contributed by atoms with Crippen LogP contribution in [0.3, 0.4) is 0 Å². The number of rotatable bonds is 8. The molecule has 0 radical (unpaired) electrons. The second-order valence-corrected chi connectivity index (χ2v) is 5.73. The average molecular weight is 363 g/mol. The maximum absolute atomic E-state index is 12.2. The summed E-state index contributed by atoms with van der Waals surface area (Å²) >= 11 is 0. The number of carbonyl (C=O) groups excluding carboxylic acids is 1. The van der Waals surface area contributed by atoms with Crippen LogP contribution in [0.1, 0.15) is 30.6 Å². The van der Waals surface area contributed by atoms with Crippen LogP contribution >= 0.6 is 0 Å². The maximum Gasteiger partial charge on any atom is 0.354 e. The highest BCUT2D eigenvalue weighted by Gasteiger charge is 2.19. The molecule has 0 spiro atoms. The molecule has 2 rings (SSSR count). The first kappa shape index (κ1) is 19.9. The van der Waals surface area contributed by atoms with Crippen molar-refractivity contribution in [1.82, 2.24) is 0 Å². The second kappa shape index (κ2) is 9.90. The largest absolute Gasteiger partial charge is 0.461 e. The Morgan fingerprint density at radius 3 is 2.52 bits per heavy atom. The van der Waals surface area contributed by atoms with Gasteiger partial charge in [-0.2, -0.15) is 10.4 Å². The van der Waals surface area contributed by atoms with Gasteiger partial charge in [0.05, 0.1) is 23.9 Å². The molecule has 138 valence electrons. The van der Waals surface area contributed by atoms with Crippen molar-refractivity contribution in [3.05, 3.63) is 77.9 Å². The van der Waals surface area contributed by atoms with E-state index in [1.165, 1.54) is 0 Å². The van der Waals surface area contributed by atoms with E-state index in [0.717, 1.165) is 5.69 Å². The third-order valence-corrected chi connectivity index (χ3v) is 3.74. The summed E-state index contributed by atoms with van der Waals surface area (Å²) < 4.78 is 5.04. The van der Waals surface area contributed by atoms with Gasteiger partial charge < -0.3 is 9.84 Å². The van der Waals surface area contributed by atoms with E-state index in [4.69, 9.17) is 10.00 Å². The van der Waals surface area contributed by atoms with E-state index in [1.54, 1.807) is 31.2 Å². The Bertz CT molecular complexity index is 852. The van der Waals surface area contributed by atoms with Crippen LogP contribution < -0.4 is 5.43 Å². The lowest BCUT2D eigenvalue weighted by Gasteiger charge is -2.15. The molecule has 2 N–H and O–H groups in total. The molecule has 0 amide bonds. The number of hydrogen-bond acceptors (Lipinski definition) is 6. The van der Waals surface area contributed by atoms with E-state index in [1.807, 2.05) is 36.4 Å². The zero-order valence-corrected chi connectivity index (χ0v) is 15.1. The zero-order chi connectivity index (χ0) is 19.6. The molecule has 0 aromatic heterocycles. The number of aliphatic hydroxyl groups is 1. The van der Waals surface area contributed by atoms with Crippen LogP contribution in [-0.4, -0.2) is 23.4 Å². The van der Waals surface area contributed by atoms with Crippen LogP contribution in [0.2, 0.25) is 0 Å². The number of para-hydroxylation sites is 1. The lowest BCUT2D eigenvalue weighted by Crippen LogP contribution is -2.21. The van der Waals surface area contributed by atoms with Gasteiger partial charge in [0.25, 0.3) is 0 Å². The standard InChI is InChI=1S/C21H21N3O3/c1-3-27-21(26)19(24-23-18-7-5-4-6-8-18)13-15(2)20(25)17-11-9-16(14-22)10-12-17/h4-12,20,23,25H,2-3,13H2,1H3/b24-19+. The first-order valence-corrected chi connectivity index (χ1v) is 8.45. The molecule has 2 aromatic rings. The third kappa shape index (κ3) is 5.80. The molecular weight excluding hydrogens is 342 g/mol. The SMILES string of the molecule is C=C(C/C(=N\Nc1ccccc1)C(=O)OCC)C(O)c1ccc(C#N)cc1. The highest BCUT2D eigenvalue weighted by Crippen LogP contribution is 2.23. The number of hydrazone groups is 1. The van der Waals surface area contributed by atoms with Crippen LogP contribution in [0.15, 0.2) is 71.9 Å². The van der Waals surface area contributed by atoms with E-state index in [0.29, 0.717) is 16.7 Å². The summed E-state index contributed by atoms with van der Waals surface area (Å²) in [5.41, 5.74) is 5.11. The van der Waals surface area contributed by atoms with Gasteiger partial charge in [0, 0.05) is 6.42 Å². The fourth-order valence-electron chi connectivity index (χ4n) is 2.30. The predicted octanol–water partition coefficient (Wildman–Crippen LogP) is 3.57. The van der Waals surface area contributed by atoms with E-state index >= 15 is 0 Å². The van der Waals surface area contributed by atoms with Gasteiger partial charge in [-0.05, 0) is 42.3 Å². The summed E-state index contributed by atoms with van der Waals surface area (Å²) in [6.07, 6.45) is -0.950. The number of benzene rings is 2.